The standard InChI is InChI=1S/C19H20N2O6/c1-11(22)12-6-14-15(27-10-26-14)7-13(12)20-16(23)9-21-17(24)8-19(18(21)25)4-2-3-5-19/h6-7H,2-5,8-10H2,1H3,(H,20,23). The lowest BCUT2D eigenvalue weighted by Crippen LogP contribution is -2.40. The van der Waals surface area contributed by atoms with E-state index >= 15 is 0 Å². The minimum atomic E-state index is -0.610. The minimum Gasteiger partial charge on any atom is -0.454 e. The molecule has 3 amide bonds. The summed E-state index contributed by atoms with van der Waals surface area (Å²) in [5.41, 5.74) is -0.0638. The summed E-state index contributed by atoms with van der Waals surface area (Å²) in [6, 6.07) is 3.03. The number of nitrogens with zero attached hydrogens (tertiary/aromatic N) is 1. The number of rotatable bonds is 4. The van der Waals surface area contributed by atoms with E-state index in [-0.39, 0.29) is 48.6 Å². The molecule has 0 atom stereocenters. The normalized spacial score (nSPS) is 19.8. The first-order valence-corrected chi connectivity index (χ1v) is 8.99. The largest absolute Gasteiger partial charge is 0.454 e. The van der Waals surface area contributed by atoms with Crippen LogP contribution in [0.5, 0.6) is 11.5 Å². The lowest BCUT2D eigenvalue weighted by Gasteiger charge is -2.20. The van der Waals surface area contributed by atoms with Gasteiger partial charge in [0.2, 0.25) is 24.5 Å². The van der Waals surface area contributed by atoms with Crippen molar-refractivity contribution in [1.29, 1.82) is 0 Å². The highest BCUT2D eigenvalue weighted by Crippen LogP contribution is 2.46. The number of carbonyl (C=O) groups is 4. The Labute approximate surface area is 155 Å². The molecule has 2 fully saturated rings. The molecule has 1 saturated heterocycles. The van der Waals surface area contributed by atoms with Gasteiger partial charge in [0.25, 0.3) is 0 Å². The smallest absolute Gasteiger partial charge is 0.244 e. The van der Waals surface area contributed by atoms with Gasteiger partial charge < -0.3 is 14.8 Å². The molecular weight excluding hydrogens is 352 g/mol. The first kappa shape index (κ1) is 17.5. The summed E-state index contributed by atoms with van der Waals surface area (Å²) in [6.07, 6.45) is 3.44. The van der Waals surface area contributed by atoms with Gasteiger partial charge in [-0.3, -0.25) is 24.1 Å². The number of amides is 3. The summed E-state index contributed by atoms with van der Waals surface area (Å²) in [6.45, 7) is 1.07. The van der Waals surface area contributed by atoms with Gasteiger partial charge in [0, 0.05) is 18.1 Å². The van der Waals surface area contributed by atoms with Crippen LogP contribution in [0.25, 0.3) is 0 Å². The zero-order valence-corrected chi connectivity index (χ0v) is 15.0. The van der Waals surface area contributed by atoms with E-state index in [0.29, 0.717) is 24.3 Å². The third-order valence-corrected chi connectivity index (χ3v) is 5.52. The van der Waals surface area contributed by atoms with E-state index in [1.165, 1.54) is 19.1 Å². The van der Waals surface area contributed by atoms with E-state index in [4.69, 9.17) is 9.47 Å². The van der Waals surface area contributed by atoms with Crippen molar-refractivity contribution in [3.8, 4) is 11.5 Å². The molecule has 1 aromatic carbocycles. The molecule has 2 aliphatic heterocycles. The number of likely N-dealkylation sites (tertiary alicyclic amines) is 1. The second-order valence-corrected chi connectivity index (χ2v) is 7.30. The van der Waals surface area contributed by atoms with E-state index in [2.05, 4.69) is 5.32 Å². The number of anilines is 1. The van der Waals surface area contributed by atoms with Crippen molar-refractivity contribution in [2.45, 2.75) is 39.0 Å². The second-order valence-electron chi connectivity index (χ2n) is 7.30. The Balaban J connectivity index is 1.51. The summed E-state index contributed by atoms with van der Waals surface area (Å²) < 4.78 is 10.5. The molecule has 8 heteroatoms. The molecule has 0 aromatic heterocycles. The lowest BCUT2D eigenvalue weighted by molar-refractivity contribution is -0.143. The van der Waals surface area contributed by atoms with Gasteiger partial charge in [-0.15, -0.1) is 0 Å². The summed E-state index contributed by atoms with van der Waals surface area (Å²) in [4.78, 5) is 50.4. The molecule has 1 N–H and O–H groups in total. The number of carbonyl (C=O) groups excluding carboxylic acids is 4. The first-order valence-electron chi connectivity index (χ1n) is 8.99. The molecular formula is C19H20N2O6. The van der Waals surface area contributed by atoms with E-state index in [1.54, 1.807) is 0 Å². The Bertz CT molecular complexity index is 856. The Kier molecular flexibility index (Phi) is 4.13. The van der Waals surface area contributed by atoms with Crippen molar-refractivity contribution < 1.29 is 28.7 Å². The van der Waals surface area contributed by atoms with Crippen LogP contribution in [0.3, 0.4) is 0 Å². The van der Waals surface area contributed by atoms with Gasteiger partial charge in [0.15, 0.2) is 17.3 Å². The third-order valence-electron chi connectivity index (χ3n) is 5.52. The quantitative estimate of drug-likeness (QED) is 0.639. The van der Waals surface area contributed by atoms with Crippen LogP contribution < -0.4 is 14.8 Å². The number of fused-ring (bicyclic) bond motifs is 1. The van der Waals surface area contributed by atoms with Gasteiger partial charge in [-0.25, -0.2) is 0 Å². The number of imide groups is 1. The molecule has 1 spiro atoms. The van der Waals surface area contributed by atoms with Crippen molar-refractivity contribution in [3.63, 3.8) is 0 Å². The summed E-state index contributed by atoms with van der Waals surface area (Å²) in [5.74, 6) is -0.484. The maximum absolute atomic E-state index is 12.7. The Morgan fingerprint density at radius 3 is 2.48 bits per heavy atom. The molecule has 1 saturated carbocycles. The van der Waals surface area contributed by atoms with Crippen LogP contribution >= 0.6 is 0 Å². The SMILES string of the molecule is CC(=O)c1cc2c(cc1NC(=O)CN1C(=O)CC3(CCCC3)C1=O)OCO2. The van der Waals surface area contributed by atoms with E-state index < -0.39 is 11.3 Å². The van der Waals surface area contributed by atoms with Gasteiger partial charge in [-0.1, -0.05) is 12.8 Å². The Hall–Kier alpha value is -2.90. The monoisotopic (exact) mass is 372 g/mol. The van der Waals surface area contributed by atoms with E-state index in [1.807, 2.05) is 0 Å². The zero-order chi connectivity index (χ0) is 19.2. The fourth-order valence-electron chi connectivity index (χ4n) is 4.13. The molecule has 4 rings (SSSR count). The van der Waals surface area contributed by atoms with Crippen molar-refractivity contribution in [2.75, 3.05) is 18.7 Å². The van der Waals surface area contributed by atoms with Gasteiger partial charge in [0.05, 0.1) is 11.1 Å². The topological polar surface area (TPSA) is 102 Å². The van der Waals surface area contributed by atoms with E-state index in [0.717, 1.165) is 17.7 Å². The van der Waals surface area contributed by atoms with Crippen LogP contribution in [0.15, 0.2) is 12.1 Å². The number of ketones is 1. The minimum absolute atomic E-state index is 0.0446. The summed E-state index contributed by atoms with van der Waals surface area (Å²) in [5, 5.41) is 2.63. The van der Waals surface area contributed by atoms with Crippen LogP contribution in [-0.4, -0.2) is 41.7 Å². The van der Waals surface area contributed by atoms with Crippen molar-refractivity contribution in [2.24, 2.45) is 5.41 Å². The number of hydrogen-bond donors (Lipinski definition) is 1. The lowest BCUT2D eigenvalue weighted by atomic mass is 9.84. The van der Waals surface area contributed by atoms with Gasteiger partial charge in [-0.05, 0) is 25.8 Å². The van der Waals surface area contributed by atoms with Crippen LogP contribution in [0.2, 0.25) is 0 Å². The maximum Gasteiger partial charge on any atom is 0.244 e. The fraction of sp³-hybridized carbons (Fsp3) is 0.474. The Morgan fingerprint density at radius 2 is 1.81 bits per heavy atom. The number of Topliss-reactive ketones (excluding diaryl/α,β-unsaturated/α-hetero) is 1. The molecule has 0 bridgehead atoms. The molecule has 1 aromatic rings. The highest BCUT2D eigenvalue weighted by molar-refractivity contribution is 6.10. The summed E-state index contributed by atoms with van der Waals surface area (Å²) in [7, 11) is 0. The fourth-order valence-corrected chi connectivity index (χ4v) is 4.13. The van der Waals surface area contributed by atoms with Crippen LogP contribution in [0.4, 0.5) is 5.69 Å². The van der Waals surface area contributed by atoms with Crippen LogP contribution in [0.1, 0.15) is 49.4 Å². The highest BCUT2D eigenvalue weighted by atomic mass is 16.7. The molecule has 2 heterocycles. The second kappa shape index (κ2) is 6.37. The predicted molar refractivity (Wildman–Crippen MR) is 93.4 cm³/mol. The van der Waals surface area contributed by atoms with Gasteiger partial charge in [0.1, 0.15) is 6.54 Å². The molecule has 0 unspecified atom stereocenters. The molecule has 3 aliphatic rings. The molecule has 1 aliphatic carbocycles. The van der Waals surface area contributed by atoms with Gasteiger partial charge in [-0.2, -0.15) is 0 Å². The summed E-state index contributed by atoms with van der Waals surface area (Å²) >= 11 is 0. The number of nitrogens with one attached hydrogen (secondary N) is 1. The first-order chi connectivity index (χ1) is 12.9. The maximum atomic E-state index is 12.7. The highest BCUT2D eigenvalue weighted by Gasteiger charge is 2.52. The number of hydrogen-bond acceptors (Lipinski definition) is 6. The van der Waals surface area contributed by atoms with E-state index in [9.17, 15) is 19.2 Å². The number of ether oxygens (including phenoxy) is 2. The number of benzene rings is 1. The predicted octanol–water partition coefficient (Wildman–Crippen LogP) is 1.88. The van der Waals surface area contributed by atoms with Crippen molar-refractivity contribution >= 4 is 29.2 Å². The average Bonchev–Trinajstić information content (AvgIpc) is 3.31. The molecule has 142 valence electrons. The molecule has 8 nitrogen and oxygen atoms in total. The van der Waals surface area contributed by atoms with Gasteiger partial charge >= 0.3 is 0 Å². The third kappa shape index (κ3) is 2.94. The van der Waals surface area contributed by atoms with Crippen LogP contribution in [-0.2, 0) is 14.4 Å². The average molecular weight is 372 g/mol. The van der Waals surface area contributed by atoms with Crippen molar-refractivity contribution in [3.05, 3.63) is 17.7 Å². The zero-order valence-electron chi connectivity index (χ0n) is 15.0. The molecule has 0 radical (unpaired) electrons. The van der Waals surface area contributed by atoms with Crippen LogP contribution in [0, 0.1) is 5.41 Å². The Morgan fingerprint density at radius 1 is 1.15 bits per heavy atom. The molecule has 27 heavy (non-hydrogen) atoms. The van der Waals surface area contributed by atoms with Crippen molar-refractivity contribution in [1.82, 2.24) is 4.90 Å².